The molecule has 17 heavy (non-hydrogen) atoms. The summed E-state index contributed by atoms with van der Waals surface area (Å²) in [4.78, 5) is 10.4. The van der Waals surface area contributed by atoms with Crippen molar-refractivity contribution in [2.45, 2.75) is 19.4 Å². The summed E-state index contributed by atoms with van der Waals surface area (Å²) in [7, 11) is 2.91. The van der Waals surface area contributed by atoms with Crippen molar-refractivity contribution in [1.82, 2.24) is 0 Å². The molecule has 0 aliphatic carbocycles. The molecular formula is C12H15FO4. The van der Waals surface area contributed by atoms with Crippen molar-refractivity contribution >= 4 is 5.97 Å². The van der Waals surface area contributed by atoms with Gasteiger partial charge in [-0.25, -0.2) is 4.39 Å². The van der Waals surface area contributed by atoms with Gasteiger partial charge in [-0.3, -0.25) is 4.79 Å². The summed E-state index contributed by atoms with van der Waals surface area (Å²) in [5, 5.41) is 8.57. The third kappa shape index (κ3) is 3.42. The minimum Gasteiger partial charge on any atom is -0.496 e. The normalized spacial score (nSPS) is 10.3. The number of halogens is 1. The molecule has 0 spiro atoms. The molecule has 0 aliphatic heterocycles. The molecule has 1 rings (SSSR count). The maximum Gasteiger partial charge on any atom is 0.303 e. The van der Waals surface area contributed by atoms with Crippen LogP contribution in [0.3, 0.4) is 0 Å². The summed E-state index contributed by atoms with van der Waals surface area (Å²) in [5.74, 6) is -0.996. The van der Waals surface area contributed by atoms with E-state index in [2.05, 4.69) is 0 Å². The van der Waals surface area contributed by atoms with Gasteiger partial charge in [-0.1, -0.05) is 6.07 Å². The lowest BCUT2D eigenvalue weighted by Gasteiger charge is -2.11. The number of benzene rings is 1. The highest BCUT2D eigenvalue weighted by molar-refractivity contribution is 5.67. The minimum absolute atomic E-state index is 0.0932. The average molecular weight is 242 g/mol. The molecular weight excluding hydrogens is 227 g/mol. The average Bonchev–Trinajstić information content (AvgIpc) is 2.30. The van der Waals surface area contributed by atoms with Crippen LogP contribution in [0.2, 0.25) is 0 Å². The van der Waals surface area contributed by atoms with Crippen LogP contribution in [0.15, 0.2) is 12.1 Å². The van der Waals surface area contributed by atoms with Crippen molar-refractivity contribution in [3.8, 4) is 5.75 Å². The molecule has 94 valence electrons. The maximum absolute atomic E-state index is 14.0. The van der Waals surface area contributed by atoms with Gasteiger partial charge >= 0.3 is 5.97 Å². The number of hydrogen-bond acceptors (Lipinski definition) is 3. The van der Waals surface area contributed by atoms with E-state index in [0.29, 0.717) is 16.9 Å². The number of carboxylic acid groups (broad SMARTS) is 1. The zero-order valence-electron chi connectivity index (χ0n) is 9.83. The van der Waals surface area contributed by atoms with Crippen molar-refractivity contribution < 1.29 is 23.8 Å². The molecule has 0 amide bonds. The van der Waals surface area contributed by atoms with Crippen LogP contribution in [0.5, 0.6) is 5.75 Å². The zero-order valence-corrected chi connectivity index (χ0v) is 9.83. The van der Waals surface area contributed by atoms with Gasteiger partial charge in [-0.2, -0.15) is 0 Å². The van der Waals surface area contributed by atoms with E-state index >= 15 is 0 Å². The van der Waals surface area contributed by atoms with Crippen LogP contribution in [0.25, 0.3) is 0 Å². The third-order valence-electron chi connectivity index (χ3n) is 2.40. The van der Waals surface area contributed by atoms with Crippen molar-refractivity contribution in [3.63, 3.8) is 0 Å². The Labute approximate surface area is 99.0 Å². The Balaban J connectivity index is 3.00. The fourth-order valence-electron chi connectivity index (χ4n) is 1.56. The quantitative estimate of drug-likeness (QED) is 0.828. The molecule has 0 radical (unpaired) electrons. The number of rotatable bonds is 6. The molecule has 0 saturated carbocycles. The molecule has 4 nitrogen and oxygen atoms in total. The first-order chi connectivity index (χ1) is 8.10. The van der Waals surface area contributed by atoms with Crippen molar-refractivity contribution in [1.29, 1.82) is 0 Å². The van der Waals surface area contributed by atoms with Crippen LogP contribution >= 0.6 is 0 Å². The molecule has 0 fully saturated rings. The molecule has 0 bridgehead atoms. The monoisotopic (exact) mass is 242 g/mol. The van der Waals surface area contributed by atoms with E-state index in [0.717, 1.165) is 0 Å². The Morgan fingerprint density at radius 2 is 2.12 bits per heavy atom. The smallest absolute Gasteiger partial charge is 0.303 e. The molecule has 5 heteroatoms. The first-order valence-electron chi connectivity index (χ1n) is 5.15. The second-order valence-electron chi connectivity index (χ2n) is 3.55. The second-order valence-corrected chi connectivity index (χ2v) is 3.55. The minimum atomic E-state index is -0.950. The van der Waals surface area contributed by atoms with Gasteiger partial charge in [0.25, 0.3) is 0 Å². The summed E-state index contributed by atoms with van der Waals surface area (Å²) < 4.78 is 23.9. The fraction of sp³-hybridized carbons (Fsp3) is 0.417. The van der Waals surface area contributed by atoms with E-state index in [1.54, 1.807) is 6.07 Å². The summed E-state index contributed by atoms with van der Waals surface area (Å²) >= 11 is 0. The van der Waals surface area contributed by atoms with Crippen LogP contribution < -0.4 is 4.74 Å². The van der Waals surface area contributed by atoms with Gasteiger partial charge in [0.15, 0.2) is 0 Å². The highest BCUT2D eigenvalue weighted by atomic mass is 19.1. The highest BCUT2D eigenvalue weighted by Gasteiger charge is 2.14. The van der Waals surface area contributed by atoms with E-state index in [1.807, 2.05) is 0 Å². The lowest BCUT2D eigenvalue weighted by atomic mass is 10.0. The Morgan fingerprint density at radius 1 is 1.41 bits per heavy atom. The van der Waals surface area contributed by atoms with Gasteiger partial charge in [0, 0.05) is 13.5 Å². The maximum atomic E-state index is 14.0. The molecule has 1 N–H and O–H groups in total. The summed E-state index contributed by atoms with van der Waals surface area (Å²) in [6.45, 7) is 0.0932. The molecule has 1 aromatic rings. The first kappa shape index (κ1) is 13.4. The Bertz CT molecular complexity index is 404. The molecule has 0 aliphatic rings. The van der Waals surface area contributed by atoms with Gasteiger partial charge < -0.3 is 14.6 Å². The number of methoxy groups -OCH3 is 2. The summed E-state index contributed by atoms with van der Waals surface area (Å²) in [6.07, 6.45) is 0.0531. The molecule has 0 saturated heterocycles. The molecule has 0 heterocycles. The Kier molecular flexibility index (Phi) is 4.90. The van der Waals surface area contributed by atoms with Gasteiger partial charge in [0.1, 0.15) is 11.6 Å². The SMILES string of the molecule is COCc1c(OC)ccc(CCC(=O)O)c1F. The summed E-state index contributed by atoms with van der Waals surface area (Å²) in [5.41, 5.74) is 0.679. The van der Waals surface area contributed by atoms with Crippen LogP contribution in [0.4, 0.5) is 4.39 Å². The number of hydrogen-bond donors (Lipinski definition) is 1. The summed E-state index contributed by atoms with van der Waals surface area (Å²) in [6, 6.07) is 3.16. The van der Waals surface area contributed by atoms with Gasteiger partial charge in [-0.15, -0.1) is 0 Å². The second kappa shape index (κ2) is 6.20. The highest BCUT2D eigenvalue weighted by Crippen LogP contribution is 2.25. The van der Waals surface area contributed by atoms with Crippen molar-refractivity contribution in [3.05, 3.63) is 29.1 Å². The molecule has 1 aromatic carbocycles. The molecule has 0 aromatic heterocycles. The van der Waals surface area contributed by atoms with E-state index in [1.165, 1.54) is 20.3 Å². The third-order valence-corrected chi connectivity index (χ3v) is 2.40. The van der Waals surface area contributed by atoms with E-state index in [9.17, 15) is 9.18 Å². The predicted molar refractivity (Wildman–Crippen MR) is 59.6 cm³/mol. The van der Waals surface area contributed by atoms with Crippen LogP contribution in [0.1, 0.15) is 17.5 Å². The predicted octanol–water partition coefficient (Wildman–Crippen LogP) is 2.00. The van der Waals surface area contributed by atoms with Crippen molar-refractivity contribution in [2.24, 2.45) is 0 Å². The van der Waals surface area contributed by atoms with E-state index in [-0.39, 0.29) is 19.4 Å². The largest absolute Gasteiger partial charge is 0.496 e. The molecule has 0 unspecified atom stereocenters. The van der Waals surface area contributed by atoms with E-state index < -0.39 is 11.8 Å². The fourth-order valence-corrected chi connectivity index (χ4v) is 1.56. The Hall–Kier alpha value is -1.62. The van der Waals surface area contributed by atoms with Gasteiger partial charge in [-0.05, 0) is 18.1 Å². The van der Waals surface area contributed by atoms with Crippen LogP contribution in [-0.4, -0.2) is 25.3 Å². The number of aliphatic carboxylic acids is 1. The van der Waals surface area contributed by atoms with Crippen LogP contribution in [0, 0.1) is 5.82 Å². The number of carbonyl (C=O) groups is 1. The van der Waals surface area contributed by atoms with Crippen LogP contribution in [-0.2, 0) is 22.6 Å². The van der Waals surface area contributed by atoms with Crippen molar-refractivity contribution in [2.75, 3.05) is 14.2 Å². The molecule has 0 atom stereocenters. The first-order valence-corrected chi connectivity index (χ1v) is 5.15. The van der Waals surface area contributed by atoms with E-state index in [4.69, 9.17) is 14.6 Å². The zero-order chi connectivity index (χ0) is 12.8. The Morgan fingerprint density at radius 3 is 2.65 bits per heavy atom. The topological polar surface area (TPSA) is 55.8 Å². The standard InChI is InChI=1S/C12H15FO4/c1-16-7-9-10(17-2)5-3-8(12(9)13)4-6-11(14)15/h3,5H,4,6-7H2,1-2H3,(H,14,15). The van der Waals surface area contributed by atoms with Gasteiger partial charge in [0.2, 0.25) is 0 Å². The van der Waals surface area contributed by atoms with Gasteiger partial charge in [0.05, 0.1) is 19.3 Å². The lowest BCUT2D eigenvalue weighted by Crippen LogP contribution is -2.04. The number of carboxylic acids is 1. The lowest BCUT2D eigenvalue weighted by molar-refractivity contribution is -0.136. The number of aryl methyl sites for hydroxylation is 1. The number of ether oxygens (including phenoxy) is 2.